The van der Waals surface area contributed by atoms with Crippen molar-refractivity contribution in [2.45, 2.75) is 57.9 Å². The van der Waals surface area contributed by atoms with Gasteiger partial charge in [-0.15, -0.1) is 0 Å². The maximum atomic E-state index is 13.4. The van der Waals surface area contributed by atoms with Gasteiger partial charge in [0.2, 0.25) is 0 Å². The van der Waals surface area contributed by atoms with Gasteiger partial charge in [-0.3, -0.25) is 9.48 Å². The molecule has 1 aromatic carbocycles. The van der Waals surface area contributed by atoms with Crippen molar-refractivity contribution in [3.63, 3.8) is 0 Å². The molecule has 0 saturated heterocycles. The topological polar surface area (TPSA) is 44.1 Å². The van der Waals surface area contributed by atoms with Gasteiger partial charge in [-0.1, -0.05) is 12.1 Å². The maximum Gasteiger partial charge on any atom is 0.282 e. The summed E-state index contributed by atoms with van der Waals surface area (Å²) in [5.41, 5.74) is -0.263. The Labute approximate surface area is 196 Å². The van der Waals surface area contributed by atoms with Crippen LogP contribution in [0, 0.1) is 23.2 Å². The maximum absolute atomic E-state index is 13.4. The highest BCUT2D eigenvalue weighted by Crippen LogP contribution is 2.60. The van der Waals surface area contributed by atoms with Crippen LogP contribution in [0.5, 0.6) is 5.75 Å². The standard InChI is InChI=1S/C26H28F4N2O2/c1-34-22-4-2-15(9-19(22)14-32-21(25(29)30)10-20(31-32)24(27)28)3-5-23(33)26-11-16-6-17(12-26)8-18(7-16)13-26/h2-5,9-10,16-18,24-25H,6-8,11-14H2,1H3/b5-3+. The fourth-order valence-corrected chi connectivity index (χ4v) is 6.81. The Morgan fingerprint density at radius 1 is 1.09 bits per heavy atom. The molecular weight excluding hydrogens is 448 g/mol. The molecule has 0 unspecified atom stereocenters. The summed E-state index contributed by atoms with van der Waals surface area (Å²) < 4.78 is 59.1. The quantitative estimate of drug-likeness (QED) is 0.318. The summed E-state index contributed by atoms with van der Waals surface area (Å²) in [6, 6.07) is 5.92. The Bertz CT molecular complexity index is 1070. The lowest BCUT2D eigenvalue weighted by Crippen LogP contribution is -2.49. The molecule has 8 heteroatoms. The first-order valence-corrected chi connectivity index (χ1v) is 11.8. The summed E-state index contributed by atoms with van der Waals surface area (Å²) in [6.07, 6.45) is 4.28. The van der Waals surface area contributed by atoms with Gasteiger partial charge in [0.15, 0.2) is 5.78 Å². The zero-order valence-corrected chi connectivity index (χ0v) is 19.0. The number of methoxy groups -OCH3 is 1. The minimum Gasteiger partial charge on any atom is -0.496 e. The van der Waals surface area contributed by atoms with Crippen LogP contribution >= 0.6 is 0 Å². The highest BCUT2D eigenvalue weighted by atomic mass is 19.3. The molecule has 4 saturated carbocycles. The lowest BCUT2D eigenvalue weighted by Gasteiger charge is -2.55. The number of hydrogen-bond donors (Lipinski definition) is 0. The van der Waals surface area contributed by atoms with E-state index in [0.717, 1.165) is 30.0 Å². The fourth-order valence-electron chi connectivity index (χ4n) is 6.81. The van der Waals surface area contributed by atoms with Gasteiger partial charge in [0.25, 0.3) is 12.9 Å². The van der Waals surface area contributed by atoms with Crippen molar-refractivity contribution in [3.8, 4) is 5.75 Å². The minimum absolute atomic E-state index is 0.153. The predicted molar refractivity (Wildman–Crippen MR) is 119 cm³/mol. The van der Waals surface area contributed by atoms with Crippen LogP contribution in [0.3, 0.4) is 0 Å². The summed E-state index contributed by atoms with van der Waals surface area (Å²) >= 11 is 0. The number of ketones is 1. The Balaban J connectivity index is 1.38. The molecule has 6 rings (SSSR count). The summed E-state index contributed by atoms with van der Waals surface area (Å²) in [4.78, 5) is 13.3. The SMILES string of the molecule is COc1ccc(/C=C/C(=O)C23CC4CC(CC(C4)C2)C3)cc1Cn1nc(C(F)F)cc1C(F)F. The molecule has 0 radical (unpaired) electrons. The van der Waals surface area contributed by atoms with E-state index >= 15 is 0 Å². The lowest BCUT2D eigenvalue weighted by molar-refractivity contribution is -0.138. The predicted octanol–water partition coefficient (Wildman–Crippen LogP) is 6.61. The fraction of sp³-hybridized carbons (Fsp3) is 0.538. The van der Waals surface area contributed by atoms with Gasteiger partial charge in [0.05, 0.1) is 13.7 Å². The minimum atomic E-state index is -2.94. The van der Waals surface area contributed by atoms with Crippen LogP contribution in [-0.4, -0.2) is 22.7 Å². The number of hydrogen-bond acceptors (Lipinski definition) is 3. The van der Waals surface area contributed by atoms with Gasteiger partial charge in [0.1, 0.15) is 17.1 Å². The van der Waals surface area contributed by atoms with Crippen molar-refractivity contribution in [2.24, 2.45) is 23.2 Å². The van der Waals surface area contributed by atoms with Gasteiger partial charge in [-0.05, 0) is 86.1 Å². The van der Waals surface area contributed by atoms with Crippen LogP contribution in [-0.2, 0) is 11.3 Å². The molecule has 1 heterocycles. The van der Waals surface area contributed by atoms with E-state index in [2.05, 4.69) is 5.10 Å². The van der Waals surface area contributed by atoms with E-state index < -0.39 is 24.2 Å². The molecule has 0 aliphatic heterocycles. The van der Waals surface area contributed by atoms with Crippen molar-refractivity contribution in [2.75, 3.05) is 7.11 Å². The average Bonchev–Trinajstić information content (AvgIpc) is 3.21. The second-order valence-electron chi connectivity index (χ2n) is 10.2. The normalized spacial score (nSPS) is 27.9. The molecular formula is C26H28F4N2O2. The van der Waals surface area contributed by atoms with Crippen LogP contribution < -0.4 is 4.74 Å². The van der Waals surface area contributed by atoms with Crippen LogP contribution in [0.1, 0.15) is 73.9 Å². The molecule has 4 fully saturated rings. The number of carbonyl (C=O) groups is 1. The molecule has 2 aromatic rings. The van der Waals surface area contributed by atoms with Crippen molar-refractivity contribution < 1.29 is 27.1 Å². The first-order chi connectivity index (χ1) is 16.3. The van der Waals surface area contributed by atoms with Crippen LogP contribution in [0.4, 0.5) is 17.6 Å². The first-order valence-electron chi connectivity index (χ1n) is 11.8. The summed E-state index contributed by atoms with van der Waals surface area (Å²) in [5.74, 6) is 2.63. The van der Waals surface area contributed by atoms with Crippen LogP contribution in [0.15, 0.2) is 30.3 Å². The molecule has 0 amide bonds. The number of nitrogens with zero attached hydrogens (tertiary/aromatic N) is 2. The number of rotatable bonds is 8. The number of halogens is 4. The van der Waals surface area contributed by atoms with Gasteiger partial charge in [0, 0.05) is 11.0 Å². The van der Waals surface area contributed by atoms with Gasteiger partial charge in [-0.2, -0.15) is 5.10 Å². The number of alkyl halides is 4. The molecule has 0 N–H and O–H groups in total. The van der Waals surface area contributed by atoms with Crippen LogP contribution in [0.25, 0.3) is 6.08 Å². The molecule has 4 aliphatic carbocycles. The van der Waals surface area contributed by atoms with E-state index in [0.29, 0.717) is 34.6 Å². The largest absolute Gasteiger partial charge is 0.496 e. The second-order valence-corrected chi connectivity index (χ2v) is 10.2. The van der Waals surface area contributed by atoms with Crippen LogP contribution in [0.2, 0.25) is 0 Å². The third-order valence-corrected chi connectivity index (χ3v) is 7.89. The zero-order chi connectivity index (χ0) is 24.0. The monoisotopic (exact) mass is 476 g/mol. The molecule has 0 atom stereocenters. The van der Waals surface area contributed by atoms with E-state index in [9.17, 15) is 22.4 Å². The molecule has 0 spiro atoms. The van der Waals surface area contributed by atoms with E-state index in [1.807, 2.05) is 0 Å². The second kappa shape index (κ2) is 8.86. The first kappa shape index (κ1) is 23.1. The summed E-state index contributed by atoms with van der Waals surface area (Å²) in [7, 11) is 1.45. The Morgan fingerprint density at radius 2 is 1.74 bits per heavy atom. The highest BCUT2D eigenvalue weighted by molar-refractivity contribution is 5.98. The molecule has 182 valence electrons. The number of benzene rings is 1. The number of allylic oxidation sites excluding steroid dienone is 1. The highest BCUT2D eigenvalue weighted by Gasteiger charge is 2.53. The van der Waals surface area contributed by atoms with Crippen molar-refractivity contribution >= 4 is 11.9 Å². The number of carbonyl (C=O) groups excluding carboxylic acids is 1. The average molecular weight is 477 g/mol. The molecule has 4 bridgehead atoms. The van der Waals surface area contributed by atoms with E-state index in [4.69, 9.17) is 4.74 Å². The number of ether oxygens (including phenoxy) is 1. The Morgan fingerprint density at radius 3 is 2.29 bits per heavy atom. The van der Waals surface area contributed by atoms with E-state index in [1.54, 1.807) is 30.4 Å². The smallest absolute Gasteiger partial charge is 0.282 e. The molecule has 4 nitrogen and oxygen atoms in total. The van der Waals surface area contributed by atoms with Crippen molar-refractivity contribution in [1.82, 2.24) is 9.78 Å². The zero-order valence-electron chi connectivity index (χ0n) is 19.0. The lowest BCUT2D eigenvalue weighted by atomic mass is 9.48. The third-order valence-electron chi connectivity index (χ3n) is 7.89. The molecule has 1 aromatic heterocycles. The van der Waals surface area contributed by atoms with Gasteiger partial charge < -0.3 is 4.74 Å². The van der Waals surface area contributed by atoms with E-state index in [-0.39, 0.29) is 17.7 Å². The molecule has 4 aliphatic rings. The van der Waals surface area contributed by atoms with E-state index in [1.165, 1.54) is 26.4 Å². The van der Waals surface area contributed by atoms with Crippen molar-refractivity contribution in [1.29, 1.82) is 0 Å². The Kier molecular flexibility index (Phi) is 6.02. The van der Waals surface area contributed by atoms with Gasteiger partial charge in [-0.25, -0.2) is 17.6 Å². The number of aromatic nitrogens is 2. The third kappa shape index (κ3) is 4.27. The summed E-state index contributed by atoms with van der Waals surface area (Å²) in [6.45, 7) is -0.153. The van der Waals surface area contributed by atoms with Gasteiger partial charge >= 0.3 is 0 Å². The van der Waals surface area contributed by atoms with Crippen molar-refractivity contribution in [3.05, 3.63) is 52.9 Å². The Hall–Kier alpha value is -2.64. The summed E-state index contributed by atoms with van der Waals surface area (Å²) in [5, 5.41) is 3.67. The molecule has 34 heavy (non-hydrogen) atoms.